The van der Waals surface area contributed by atoms with E-state index in [9.17, 15) is 0 Å². The zero-order chi connectivity index (χ0) is 11.8. The highest BCUT2D eigenvalue weighted by atomic mass is 32.2. The fourth-order valence-electron chi connectivity index (χ4n) is 1.97. The fourth-order valence-corrected chi connectivity index (χ4v) is 2.65. The third-order valence-corrected chi connectivity index (χ3v) is 3.63. The van der Waals surface area contributed by atoms with Crippen LogP contribution in [-0.2, 0) is 7.05 Å². The Morgan fingerprint density at radius 2 is 2.00 bits per heavy atom. The molecule has 0 radical (unpaired) electrons. The second kappa shape index (κ2) is 4.05. The van der Waals surface area contributed by atoms with Crippen LogP contribution < -0.4 is 0 Å². The van der Waals surface area contributed by atoms with Crippen LogP contribution >= 0.6 is 11.8 Å². The van der Waals surface area contributed by atoms with E-state index in [1.165, 1.54) is 11.8 Å². The summed E-state index contributed by atoms with van der Waals surface area (Å²) >= 11 is 1.51. The number of hydrogen-bond donors (Lipinski definition) is 1. The second-order valence-corrected chi connectivity index (χ2v) is 4.80. The van der Waals surface area contributed by atoms with E-state index in [1.807, 2.05) is 28.1 Å². The number of nitrogens with zero attached hydrogens (tertiary/aromatic N) is 4. The Morgan fingerprint density at radius 3 is 2.76 bits per heavy atom. The lowest BCUT2D eigenvalue weighted by Crippen LogP contribution is -1.90. The number of fused-ring (bicyclic) bond motifs is 3. The van der Waals surface area contributed by atoms with Crippen LogP contribution in [0.2, 0.25) is 0 Å². The first-order chi connectivity index (χ1) is 8.33. The van der Waals surface area contributed by atoms with Crippen LogP contribution in [0.5, 0.6) is 0 Å². The first-order valence-electron chi connectivity index (χ1n) is 5.35. The maximum Gasteiger partial charge on any atom is 0.236 e. The summed E-state index contributed by atoms with van der Waals surface area (Å²) in [4.78, 5) is 0. The maximum atomic E-state index is 8.87. The average molecular weight is 248 g/mol. The van der Waals surface area contributed by atoms with Crippen molar-refractivity contribution in [3.63, 3.8) is 0 Å². The Balaban J connectivity index is 2.29. The van der Waals surface area contributed by atoms with E-state index in [2.05, 4.69) is 22.3 Å². The smallest absolute Gasteiger partial charge is 0.236 e. The van der Waals surface area contributed by atoms with E-state index in [4.69, 9.17) is 5.11 Å². The molecule has 1 aromatic carbocycles. The van der Waals surface area contributed by atoms with Gasteiger partial charge in [-0.05, 0) is 12.1 Å². The van der Waals surface area contributed by atoms with Gasteiger partial charge in [-0.15, -0.1) is 10.2 Å². The number of aliphatic hydroxyl groups is 1. The van der Waals surface area contributed by atoms with Crippen LogP contribution in [0.25, 0.3) is 16.8 Å². The predicted octanol–water partition coefficient (Wildman–Crippen LogP) is 1.31. The molecule has 1 N–H and O–H groups in total. The first-order valence-corrected chi connectivity index (χ1v) is 6.33. The van der Waals surface area contributed by atoms with E-state index in [0.29, 0.717) is 5.75 Å². The standard InChI is InChI=1S/C11H12N4OS/c1-14-8-4-2-3-5-9(8)15-10(14)12-13-11(15)17-7-6-16/h2-5,16H,6-7H2,1H3. The van der Waals surface area contributed by atoms with Crippen LogP contribution in [0, 0.1) is 0 Å². The molecule has 0 spiro atoms. The van der Waals surface area contributed by atoms with Crippen molar-refractivity contribution in [3.8, 4) is 0 Å². The van der Waals surface area contributed by atoms with Crippen LogP contribution in [-0.4, -0.2) is 36.6 Å². The number of aliphatic hydroxyl groups excluding tert-OH is 1. The third kappa shape index (κ3) is 1.52. The van der Waals surface area contributed by atoms with Crippen molar-refractivity contribution < 1.29 is 5.11 Å². The normalized spacial score (nSPS) is 11.6. The Labute approximate surface area is 102 Å². The van der Waals surface area contributed by atoms with Gasteiger partial charge in [0.2, 0.25) is 5.78 Å². The zero-order valence-electron chi connectivity index (χ0n) is 9.37. The lowest BCUT2D eigenvalue weighted by atomic mass is 10.3. The van der Waals surface area contributed by atoms with Gasteiger partial charge in [0.25, 0.3) is 0 Å². The van der Waals surface area contributed by atoms with Gasteiger partial charge in [0.05, 0.1) is 17.6 Å². The molecule has 0 atom stereocenters. The van der Waals surface area contributed by atoms with E-state index < -0.39 is 0 Å². The molecule has 0 fully saturated rings. The van der Waals surface area contributed by atoms with Gasteiger partial charge in [-0.2, -0.15) is 0 Å². The van der Waals surface area contributed by atoms with Crippen LogP contribution in [0.15, 0.2) is 29.4 Å². The van der Waals surface area contributed by atoms with Crippen molar-refractivity contribution in [2.75, 3.05) is 12.4 Å². The Hall–Kier alpha value is -1.53. The molecule has 0 aliphatic carbocycles. The summed E-state index contributed by atoms with van der Waals surface area (Å²) in [7, 11) is 1.98. The quantitative estimate of drug-likeness (QED) is 0.710. The first kappa shape index (κ1) is 10.6. The van der Waals surface area contributed by atoms with Gasteiger partial charge in [-0.25, -0.2) is 0 Å². The van der Waals surface area contributed by atoms with Crippen molar-refractivity contribution >= 4 is 28.6 Å². The van der Waals surface area contributed by atoms with Gasteiger partial charge in [0.1, 0.15) is 0 Å². The Bertz CT molecular complexity index is 673. The number of hydrogen-bond acceptors (Lipinski definition) is 4. The van der Waals surface area contributed by atoms with Crippen molar-refractivity contribution in [1.29, 1.82) is 0 Å². The molecule has 2 aromatic heterocycles. The summed E-state index contributed by atoms with van der Waals surface area (Å²) in [6, 6.07) is 8.12. The van der Waals surface area contributed by atoms with E-state index in [0.717, 1.165) is 22.0 Å². The molecule has 5 nitrogen and oxygen atoms in total. The van der Waals surface area contributed by atoms with Crippen molar-refractivity contribution in [1.82, 2.24) is 19.2 Å². The Kier molecular flexibility index (Phi) is 2.53. The lowest BCUT2D eigenvalue weighted by Gasteiger charge is -1.96. The molecule has 88 valence electrons. The number of para-hydroxylation sites is 2. The molecule has 0 saturated carbocycles. The number of imidazole rings is 1. The molecule has 0 amide bonds. The molecule has 3 aromatic rings. The molecular weight excluding hydrogens is 236 g/mol. The molecule has 17 heavy (non-hydrogen) atoms. The van der Waals surface area contributed by atoms with Gasteiger partial charge >= 0.3 is 0 Å². The van der Waals surface area contributed by atoms with Crippen LogP contribution in [0.4, 0.5) is 0 Å². The van der Waals surface area contributed by atoms with Crippen molar-refractivity contribution in [2.45, 2.75) is 5.16 Å². The highest BCUT2D eigenvalue weighted by Gasteiger charge is 2.14. The summed E-state index contributed by atoms with van der Waals surface area (Å²) in [5, 5.41) is 18.0. The number of aryl methyl sites for hydroxylation is 1. The molecule has 0 aliphatic rings. The topological polar surface area (TPSA) is 55.4 Å². The summed E-state index contributed by atoms with van der Waals surface area (Å²) < 4.78 is 4.04. The van der Waals surface area contributed by atoms with Crippen molar-refractivity contribution in [3.05, 3.63) is 24.3 Å². The van der Waals surface area contributed by atoms with E-state index in [1.54, 1.807) is 0 Å². The molecule has 2 heterocycles. The van der Waals surface area contributed by atoms with Gasteiger partial charge in [-0.1, -0.05) is 23.9 Å². The highest BCUT2D eigenvalue weighted by molar-refractivity contribution is 7.99. The molecule has 0 saturated heterocycles. The molecule has 3 rings (SSSR count). The number of thioether (sulfide) groups is 1. The average Bonchev–Trinajstić information content (AvgIpc) is 2.89. The summed E-state index contributed by atoms with van der Waals surface area (Å²) in [5.74, 6) is 1.45. The minimum atomic E-state index is 0.143. The second-order valence-electron chi connectivity index (χ2n) is 3.74. The SMILES string of the molecule is Cn1c2ccccc2n2c(SCCO)nnc12. The van der Waals surface area contributed by atoms with Gasteiger partial charge in [0.15, 0.2) is 5.16 Å². The lowest BCUT2D eigenvalue weighted by molar-refractivity contribution is 0.322. The minimum Gasteiger partial charge on any atom is -0.396 e. The third-order valence-electron chi connectivity index (χ3n) is 2.72. The highest BCUT2D eigenvalue weighted by Crippen LogP contribution is 2.24. The monoisotopic (exact) mass is 248 g/mol. The molecular formula is C11H12N4OS. The largest absolute Gasteiger partial charge is 0.396 e. The zero-order valence-corrected chi connectivity index (χ0v) is 10.2. The number of rotatable bonds is 3. The van der Waals surface area contributed by atoms with Crippen LogP contribution in [0.1, 0.15) is 0 Å². The predicted molar refractivity (Wildman–Crippen MR) is 67.3 cm³/mol. The van der Waals surface area contributed by atoms with Crippen LogP contribution in [0.3, 0.4) is 0 Å². The van der Waals surface area contributed by atoms with Gasteiger partial charge in [0, 0.05) is 12.8 Å². The summed E-state index contributed by atoms with van der Waals surface area (Å²) in [5.41, 5.74) is 2.22. The minimum absolute atomic E-state index is 0.143. The number of aromatic nitrogens is 4. The Morgan fingerprint density at radius 1 is 1.24 bits per heavy atom. The molecule has 0 unspecified atom stereocenters. The summed E-state index contributed by atoms with van der Waals surface area (Å²) in [6.45, 7) is 0.143. The fraction of sp³-hybridized carbons (Fsp3) is 0.273. The van der Waals surface area contributed by atoms with Gasteiger partial charge in [-0.3, -0.25) is 4.40 Å². The van der Waals surface area contributed by atoms with Gasteiger partial charge < -0.3 is 9.67 Å². The number of benzene rings is 1. The van der Waals surface area contributed by atoms with E-state index >= 15 is 0 Å². The summed E-state index contributed by atoms with van der Waals surface area (Å²) in [6.07, 6.45) is 0. The van der Waals surface area contributed by atoms with E-state index in [-0.39, 0.29) is 6.61 Å². The molecule has 0 bridgehead atoms. The maximum absolute atomic E-state index is 8.87. The molecule has 6 heteroatoms. The molecule has 0 aliphatic heterocycles. The van der Waals surface area contributed by atoms with Crippen molar-refractivity contribution in [2.24, 2.45) is 7.05 Å².